The van der Waals surface area contributed by atoms with E-state index in [1.165, 1.54) is 0 Å². The average Bonchev–Trinajstić information content (AvgIpc) is 2.37. The first kappa shape index (κ1) is 11.3. The minimum Gasteiger partial charge on any atom is -0.624 e. The Morgan fingerprint density at radius 1 is 1.41 bits per heavy atom. The van der Waals surface area contributed by atoms with Gasteiger partial charge >= 0.3 is 5.97 Å². The van der Waals surface area contributed by atoms with Gasteiger partial charge in [-0.05, 0) is 5.56 Å². The molecule has 5 heteroatoms. The summed E-state index contributed by atoms with van der Waals surface area (Å²) in [6, 6.07) is 9.35. The highest BCUT2D eigenvalue weighted by atomic mass is 16.5. The number of ether oxygens (including phenoxy) is 1. The van der Waals surface area contributed by atoms with Crippen molar-refractivity contribution in [2.75, 3.05) is 13.1 Å². The van der Waals surface area contributed by atoms with Crippen molar-refractivity contribution in [1.29, 1.82) is 0 Å². The number of aliphatic imine (C=N–C) groups is 1. The quantitative estimate of drug-likeness (QED) is 0.439. The molecule has 88 valence electrons. The summed E-state index contributed by atoms with van der Waals surface area (Å²) >= 11 is 0. The first-order valence-electron chi connectivity index (χ1n) is 5.30. The molecule has 0 N–H and O–H groups in total. The van der Waals surface area contributed by atoms with Crippen molar-refractivity contribution in [2.24, 2.45) is 4.99 Å². The van der Waals surface area contributed by atoms with Gasteiger partial charge in [-0.25, -0.2) is 9.53 Å². The van der Waals surface area contributed by atoms with Crippen LogP contribution in [0.5, 0.6) is 0 Å². The molecule has 0 amide bonds. The van der Waals surface area contributed by atoms with Gasteiger partial charge < -0.3 is 9.94 Å². The molecular formula is C12H12N2O3. The topological polar surface area (TPSA) is 64.7 Å². The second-order valence-corrected chi connectivity index (χ2v) is 3.60. The fourth-order valence-electron chi connectivity index (χ4n) is 1.43. The van der Waals surface area contributed by atoms with Crippen molar-refractivity contribution in [3.05, 3.63) is 41.1 Å². The van der Waals surface area contributed by atoms with E-state index in [4.69, 9.17) is 4.74 Å². The van der Waals surface area contributed by atoms with Crippen LogP contribution in [0.3, 0.4) is 0 Å². The third kappa shape index (κ3) is 3.14. The number of benzene rings is 1. The molecule has 0 saturated heterocycles. The molecule has 1 aliphatic heterocycles. The van der Waals surface area contributed by atoms with Gasteiger partial charge in [-0.3, -0.25) is 4.99 Å². The van der Waals surface area contributed by atoms with Gasteiger partial charge in [0.2, 0.25) is 11.9 Å². The maximum absolute atomic E-state index is 11.6. The van der Waals surface area contributed by atoms with Gasteiger partial charge in [-0.1, -0.05) is 30.3 Å². The van der Waals surface area contributed by atoms with Gasteiger partial charge in [0.1, 0.15) is 13.2 Å². The molecule has 1 aromatic rings. The Labute approximate surface area is 98.6 Å². The van der Waals surface area contributed by atoms with Crippen LogP contribution in [-0.2, 0) is 16.1 Å². The van der Waals surface area contributed by atoms with Crippen molar-refractivity contribution in [2.45, 2.75) is 6.61 Å². The van der Waals surface area contributed by atoms with Crippen LogP contribution in [0.2, 0.25) is 0 Å². The standard InChI is InChI=1S/C12H12N2O3/c15-12(11-8-14(16)7-6-13-11)17-9-10-4-2-1-3-5-10/h1-5,8H,6-7,9H2. The lowest BCUT2D eigenvalue weighted by Crippen LogP contribution is -2.28. The average molecular weight is 232 g/mol. The fraction of sp³-hybridized carbons (Fsp3) is 0.250. The van der Waals surface area contributed by atoms with E-state index in [2.05, 4.69) is 4.99 Å². The van der Waals surface area contributed by atoms with Gasteiger partial charge in [-0.2, -0.15) is 0 Å². The molecule has 1 heterocycles. The molecular weight excluding hydrogens is 220 g/mol. The lowest BCUT2D eigenvalue weighted by Gasteiger charge is -2.09. The summed E-state index contributed by atoms with van der Waals surface area (Å²) in [5, 5.41) is 11.0. The molecule has 17 heavy (non-hydrogen) atoms. The van der Waals surface area contributed by atoms with E-state index in [1.807, 2.05) is 30.3 Å². The SMILES string of the molecule is O=C(OCc1ccccc1)C1=NCC[N+]([O-])=C1. The van der Waals surface area contributed by atoms with Crippen LogP contribution in [0.15, 0.2) is 35.3 Å². The zero-order valence-corrected chi connectivity index (χ0v) is 9.20. The largest absolute Gasteiger partial charge is 0.624 e. The van der Waals surface area contributed by atoms with Gasteiger partial charge in [0.05, 0.1) is 0 Å². The smallest absolute Gasteiger partial charge is 0.363 e. The van der Waals surface area contributed by atoms with Crippen molar-refractivity contribution in [3.63, 3.8) is 0 Å². The van der Waals surface area contributed by atoms with Crippen molar-refractivity contribution >= 4 is 17.9 Å². The Morgan fingerprint density at radius 3 is 2.88 bits per heavy atom. The van der Waals surface area contributed by atoms with E-state index < -0.39 is 5.97 Å². The Kier molecular flexibility index (Phi) is 3.49. The predicted molar refractivity (Wildman–Crippen MR) is 63.1 cm³/mol. The molecule has 0 spiro atoms. The number of esters is 1. The third-order valence-electron chi connectivity index (χ3n) is 2.29. The third-order valence-corrected chi connectivity index (χ3v) is 2.29. The molecule has 1 aliphatic rings. The Morgan fingerprint density at radius 2 is 2.18 bits per heavy atom. The monoisotopic (exact) mass is 232 g/mol. The van der Waals surface area contributed by atoms with Crippen LogP contribution in [0.25, 0.3) is 0 Å². The predicted octanol–water partition coefficient (Wildman–Crippen LogP) is 0.765. The highest BCUT2D eigenvalue weighted by Crippen LogP contribution is 2.01. The molecule has 0 fully saturated rings. The number of hydroxylamine groups is 1. The molecule has 0 aliphatic carbocycles. The van der Waals surface area contributed by atoms with Crippen LogP contribution < -0.4 is 0 Å². The van der Waals surface area contributed by atoms with Gasteiger partial charge in [-0.15, -0.1) is 0 Å². The second kappa shape index (κ2) is 5.25. The lowest BCUT2D eigenvalue weighted by atomic mass is 10.2. The maximum atomic E-state index is 11.6. The molecule has 1 aromatic carbocycles. The number of carbonyl (C=O) groups is 1. The summed E-state index contributed by atoms with van der Waals surface area (Å²) in [6.07, 6.45) is 1.16. The Balaban J connectivity index is 1.92. The molecule has 0 atom stereocenters. The van der Waals surface area contributed by atoms with Gasteiger partial charge in [0, 0.05) is 0 Å². The van der Waals surface area contributed by atoms with Crippen molar-refractivity contribution in [1.82, 2.24) is 0 Å². The molecule has 0 bridgehead atoms. The van der Waals surface area contributed by atoms with Crippen molar-refractivity contribution < 1.29 is 14.3 Å². The first-order chi connectivity index (χ1) is 8.25. The maximum Gasteiger partial charge on any atom is 0.363 e. The second-order valence-electron chi connectivity index (χ2n) is 3.60. The number of rotatable bonds is 3. The summed E-state index contributed by atoms with van der Waals surface area (Å²) < 4.78 is 5.74. The molecule has 5 nitrogen and oxygen atoms in total. The minimum atomic E-state index is -0.561. The van der Waals surface area contributed by atoms with Crippen molar-refractivity contribution in [3.8, 4) is 0 Å². The highest BCUT2D eigenvalue weighted by molar-refractivity contribution is 6.58. The molecule has 0 unspecified atom stereocenters. The Hall–Kier alpha value is -2.17. The summed E-state index contributed by atoms with van der Waals surface area (Å²) in [4.78, 5) is 15.5. The number of carbonyl (C=O) groups excluding carboxylic acids is 1. The summed E-state index contributed by atoms with van der Waals surface area (Å²) in [5.41, 5.74) is 0.985. The lowest BCUT2D eigenvalue weighted by molar-refractivity contribution is -0.449. The fourth-order valence-corrected chi connectivity index (χ4v) is 1.43. The van der Waals surface area contributed by atoms with Gasteiger partial charge in [0.25, 0.3) is 0 Å². The van der Waals surface area contributed by atoms with E-state index >= 15 is 0 Å². The zero-order chi connectivity index (χ0) is 12.1. The molecule has 2 rings (SSSR count). The van der Waals surface area contributed by atoms with E-state index in [0.717, 1.165) is 11.8 Å². The van der Waals surface area contributed by atoms with Crippen LogP contribution in [-0.4, -0.2) is 35.7 Å². The first-order valence-corrected chi connectivity index (χ1v) is 5.30. The number of hydrogen-bond donors (Lipinski definition) is 0. The van der Waals surface area contributed by atoms with Gasteiger partial charge in [0.15, 0.2) is 6.54 Å². The minimum absolute atomic E-state index is 0.0854. The van der Waals surface area contributed by atoms with Crippen LogP contribution in [0.1, 0.15) is 5.56 Å². The van der Waals surface area contributed by atoms with Crippen LogP contribution in [0.4, 0.5) is 0 Å². The summed E-state index contributed by atoms with van der Waals surface area (Å²) in [5.74, 6) is -0.561. The van der Waals surface area contributed by atoms with Crippen LogP contribution >= 0.6 is 0 Å². The normalized spacial score (nSPS) is 14.8. The summed E-state index contributed by atoms with van der Waals surface area (Å²) in [7, 11) is 0. The highest BCUT2D eigenvalue weighted by Gasteiger charge is 2.17. The Bertz CT molecular complexity index is 466. The van der Waals surface area contributed by atoms with Crippen LogP contribution in [0, 0.1) is 5.21 Å². The number of hydrogen-bond acceptors (Lipinski definition) is 4. The van der Waals surface area contributed by atoms with E-state index in [0.29, 0.717) is 11.3 Å². The van der Waals surface area contributed by atoms with E-state index in [-0.39, 0.29) is 18.9 Å². The molecule has 0 saturated carbocycles. The number of nitrogens with zero attached hydrogens (tertiary/aromatic N) is 2. The zero-order valence-electron chi connectivity index (χ0n) is 9.20. The molecule has 0 aromatic heterocycles. The van der Waals surface area contributed by atoms with E-state index in [1.54, 1.807) is 0 Å². The summed E-state index contributed by atoms with van der Waals surface area (Å²) in [6.45, 7) is 0.802. The van der Waals surface area contributed by atoms with E-state index in [9.17, 15) is 10.0 Å². The molecule has 0 radical (unpaired) electrons.